The van der Waals surface area contributed by atoms with Crippen molar-refractivity contribution in [3.63, 3.8) is 0 Å². The first-order valence-corrected chi connectivity index (χ1v) is 19.2. The van der Waals surface area contributed by atoms with Gasteiger partial charge in [-0.2, -0.15) is 0 Å². The molecule has 264 valence electrons. The van der Waals surface area contributed by atoms with E-state index in [9.17, 15) is 0 Å². The maximum Gasteiger partial charge on any atom is 0.0547 e. The van der Waals surface area contributed by atoms with Crippen molar-refractivity contribution < 1.29 is 0 Å². The molecule has 10 aromatic rings. The standard InChI is InChI=1S/C54H38N2/c1-5-15-38(16-6-1)41-21-13-22-42(33-41)43-23-14-24-47(34-43)55-52-31-28-44(35-50(52)40-19-9-3-10-20-40)45-29-32-53-51(36-45)49-30-27-46(39-17-7-2-8-18-39)37-54(49)56(53)48-25-11-4-12-26-48/h1-37,55H. The van der Waals surface area contributed by atoms with Crippen LogP contribution < -0.4 is 5.32 Å². The van der Waals surface area contributed by atoms with E-state index in [4.69, 9.17) is 0 Å². The van der Waals surface area contributed by atoms with Crippen molar-refractivity contribution in [1.82, 2.24) is 4.57 Å². The van der Waals surface area contributed by atoms with E-state index in [1.807, 2.05) is 0 Å². The Kier molecular flexibility index (Phi) is 8.55. The number of para-hydroxylation sites is 1. The molecule has 1 heterocycles. The summed E-state index contributed by atoms with van der Waals surface area (Å²) in [7, 11) is 0. The van der Waals surface area contributed by atoms with Crippen LogP contribution in [0.1, 0.15) is 0 Å². The smallest absolute Gasteiger partial charge is 0.0547 e. The first kappa shape index (κ1) is 33.2. The third kappa shape index (κ3) is 6.34. The highest BCUT2D eigenvalue weighted by atomic mass is 15.0. The van der Waals surface area contributed by atoms with Gasteiger partial charge in [-0.25, -0.2) is 0 Å². The van der Waals surface area contributed by atoms with E-state index in [1.165, 1.54) is 71.9 Å². The molecule has 0 saturated heterocycles. The van der Waals surface area contributed by atoms with Crippen molar-refractivity contribution in [2.45, 2.75) is 0 Å². The Morgan fingerprint density at radius 3 is 1.48 bits per heavy atom. The number of hydrogen-bond donors (Lipinski definition) is 1. The van der Waals surface area contributed by atoms with Gasteiger partial charge in [0.2, 0.25) is 0 Å². The molecule has 0 amide bonds. The van der Waals surface area contributed by atoms with Crippen LogP contribution >= 0.6 is 0 Å². The quantitative estimate of drug-likeness (QED) is 0.166. The Labute approximate surface area is 327 Å². The molecule has 0 bridgehead atoms. The van der Waals surface area contributed by atoms with Gasteiger partial charge in [0, 0.05) is 33.4 Å². The molecule has 0 atom stereocenters. The second-order valence-corrected chi connectivity index (χ2v) is 14.3. The maximum absolute atomic E-state index is 3.80. The molecule has 0 aliphatic rings. The topological polar surface area (TPSA) is 17.0 Å². The number of hydrogen-bond acceptors (Lipinski definition) is 1. The molecular formula is C54H38N2. The van der Waals surface area contributed by atoms with Gasteiger partial charge in [0.05, 0.1) is 11.0 Å². The van der Waals surface area contributed by atoms with Crippen molar-refractivity contribution in [3.05, 3.63) is 224 Å². The first-order chi connectivity index (χ1) is 27.7. The van der Waals surface area contributed by atoms with E-state index in [-0.39, 0.29) is 0 Å². The number of nitrogens with one attached hydrogen (secondary N) is 1. The normalized spacial score (nSPS) is 11.2. The van der Waals surface area contributed by atoms with Gasteiger partial charge >= 0.3 is 0 Å². The Hall–Kier alpha value is -7.42. The fraction of sp³-hybridized carbons (Fsp3) is 0. The fourth-order valence-electron chi connectivity index (χ4n) is 8.00. The summed E-state index contributed by atoms with van der Waals surface area (Å²) in [5.74, 6) is 0. The zero-order chi connectivity index (χ0) is 37.3. The lowest BCUT2D eigenvalue weighted by Crippen LogP contribution is -1.95. The second kappa shape index (κ2) is 14.4. The molecule has 1 aromatic heterocycles. The Morgan fingerprint density at radius 1 is 0.286 bits per heavy atom. The molecule has 0 aliphatic heterocycles. The predicted molar refractivity (Wildman–Crippen MR) is 238 cm³/mol. The van der Waals surface area contributed by atoms with E-state index < -0.39 is 0 Å². The van der Waals surface area contributed by atoms with Crippen LogP contribution in [0, 0.1) is 0 Å². The number of nitrogens with zero attached hydrogens (tertiary/aromatic N) is 1. The first-order valence-electron chi connectivity index (χ1n) is 19.2. The average molecular weight is 715 g/mol. The maximum atomic E-state index is 3.80. The minimum absolute atomic E-state index is 1.04. The van der Waals surface area contributed by atoms with Gasteiger partial charge in [-0.05, 0) is 111 Å². The lowest BCUT2D eigenvalue weighted by Gasteiger charge is -2.16. The van der Waals surface area contributed by atoms with Crippen molar-refractivity contribution in [3.8, 4) is 61.3 Å². The molecule has 0 saturated carbocycles. The summed E-state index contributed by atoms with van der Waals surface area (Å²) >= 11 is 0. The summed E-state index contributed by atoms with van der Waals surface area (Å²) in [6, 6.07) is 80.6. The van der Waals surface area contributed by atoms with Crippen LogP contribution in [0.3, 0.4) is 0 Å². The van der Waals surface area contributed by atoms with Crippen LogP contribution in [0.25, 0.3) is 83.1 Å². The molecule has 1 N–H and O–H groups in total. The third-order valence-corrected chi connectivity index (χ3v) is 10.8. The number of rotatable bonds is 8. The lowest BCUT2D eigenvalue weighted by molar-refractivity contribution is 1.18. The van der Waals surface area contributed by atoms with Crippen molar-refractivity contribution in [2.24, 2.45) is 0 Å². The number of fused-ring (bicyclic) bond motifs is 3. The van der Waals surface area contributed by atoms with Gasteiger partial charge < -0.3 is 9.88 Å². The van der Waals surface area contributed by atoms with Crippen LogP contribution in [0.15, 0.2) is 224 Å². The van der Waals surface area contributed by atoms with Crippen molar-refractivity contribution in [1.29, 1.82) is 0 Å². The van der Waals surface area contributed by atoms with Gasteiger partial charge in [-0.1, -0.05) is 164 Å². The van der Waals surface area contributed by atoms with E-state index in [0.29, 0.717) is 0 Å². The summed E-state index contributed by atoms with van der Waals surface area (Å²) in [6.07, 6.45) is 0. The molecule has 0 aliphatic carbocycles. The minimum atomic E-state index is 1.04. The summed E-state index contributed by atoms with van der Waals surface area (Å²) in [5, 5.41) is 6.27. The third-order valence-electron chi connectivity index (χ3n) is 10.8. The SMILES string of the molecule is c1ccc(-c2cccc(-c3cccc(Nc4ccc(-c5ccc6c(c5)c5ccc(-c7ccccc7)cc5n6-c5ccccc5)cc4-c4ccccc4)c3)c2)cc1. The molecular weight excluding hydrogens is 677 g/mol. The highest BCUT2D eigenvalue weighted by molar-refractivity contribution is 6.11. The molecule has 9 aromatic carbocycles. The number of benzene rings is 9. The summed E-state index contributed by atoms with van der Waals surface area (Å²) < 4.78 is 2.40. The average Bonchev–Trinajstić information content (AvgIpc) is 3.61. The zero-order valence-electron chi connectivity index (χ0n) is 30.8. The molecule has 0 fully saturated rings. The van der Waals surface area contributed by atoms with Gasteiger partial charge in [-0.3, -0.25) is 0 Å². The number of aromatic nitrogens is 1. The molecule has 56 heavy (non-hydrogen) atoms. The van der Waals surface area contributed by atoms with Crippen molar-refractivity contribution >= 4 is 33.2 Å². The minimum Gasteiger partial charge on any atom is -0.355 e. The van der Waals surface area contributed by atoms with Gasteiger partial charge in [0.15, 0.2) is 0 Å². The van der Waals surface area contributed by atoms with Gasteiger partial charge in [0.1, 0.15) is 0 Å². The Morgan fingerprint density at radius 2 is 0.786 bits per heavy atom. The van der Waals surface area contributed by atoms with Gasteiger partial charge in [-0.15, -0.1) is 0 Å². The molecule has 2 nitrogen and oxygen atoms in total. The van der Waals surface area contributed by atoms with E-state index in [2.05, 4.69) is 234 Å². The zero-order valence-corrected chi connectivity index (χ0v) is 30.8. The fourth-order valence-corrected chi connectivity index (χ4v) is 8.00. The molecule has 0 radical (unpaired) electrons. The number of anilines is 2. The van der Waals surface area contributed by atoms with Crippen LogP contribution in [-0.2, 0) is 0 Å². The van der Waals surface area contributed by atoms with E-state index in [0.717, 1.165) is 22.6 Å². The Bertz CT molecular complexity index is 2960. The lowest BCUT2D eigenvalue weighted by atomic mass is 9.96. The highest BCUT2D eigenvalue weighted by Gasteiger charge is 2.16. The van der Waals surface area contributed by atoms with E-state index >= 15 is 0 Å². The monoisotopic (exact) mass is 714 g/mol. The predicted octanol–water partition coefficient (Wildman–Crippen LogP) is 14.9. The summed E-state index contributed by atoms with van der Waals surface area (Å²) in [5.41, 5.74) is 17.5. The summed E-state index contributed by atoms with van der Waals surface area (Å²) in [4.78, 5) is 0. The van der Waals surface area contributed by atoms with Crippen molar-refractivity contribution in [2.75, 3.05) is 5.32 Å². The van der Waals surface area contributed by atoms with E-state index in [1.54, 1.807) is 0 Å². The highest BCUT2D eigenvalue weighted by Crippen LogP contribution is 2.40. The molecule has 0 spiro atoms. The van der Waals surface area contributed by atoms with Crippen LogP contribution in [0.5, 0.6) is 0 Å². The van der Waals surface area contributed by atoms with Crippen LogP contribution in [-0.4, -0.2) is 4.57 Å². The summed E-state index contributed by atoms with van der Waals surface area (Å²) in [6.45, 7) is 0. The molecule has 2 heteroatoms. The molecule has 0 unspecified atom stereocenters. The Balaban J connectivity index is 1.05. The molecule has 10 rings (SSSR count). The van der Waals surface area contributed by atoms with Crippen LogP contribution in [0.4, 0.5) is 11.4 Å². The van der Waals surface area contributed by atoms with Gasteiger partial charge in [0.25, 0.3) is 0 Å². The van der Waals surface area contributed by atoms with Crippen LogP contribution in [0.2, 0.25) is 0 Å². The largest absolute Gasteiger partial charge is 0.355 e. The second-order valence-electron chi connectivity index (χ2n) is 14.3.